The van der Waals surface area contributed by atoms with Crippen LogP contribution in [0.4, 0.5) is 4.79 Å². The van der Waals surface area contributed by atoms with Gasteiger partial charge in [0.15, 0.2) is 0 Å². The van der Waals surface area contributed by atoms with Gasteiger partial charge in [0.25, 0.3) is 0 Å². The van der Waals surface area contributed by atoms with E-state index in [-0.39, 0.29) is 0 Å². The van der Waals surface area contributed by atoms with E-state index in [0.29, 0.717) is 13.2 Å². The zero-order chi connectivity index (χ0) is 9.23. The number of rotatable bonds is 3. The molecular formula is C8H15ClO3. The summed E-state index contributed by atoms with van der Waals surface area (Å²) in [5.41, 5.74) is 0. The van der Waals surface area contributed by atoms with Crippen LogP contribution in [-0.2, 0) is 9.47 Å². The highest BCUT2D eigenvalue weighted by Crippen LogP contribution is 1.93. The fourth-order valence-corrected chi connectivity index (χ4v) is 0.825. The average Bonchev–Trinajstić information content (AvgIpc) is 2.53. The Hall–Kier alpha value is -0.440. The van der Waals surface area contributed by atoms with E-state index in [9.17, 15) is 4.79 Å². The van der Waals surface area contributed by atoms with Crippen molar-refractivity contribution in [3.63, 3.8) is 0 Å². The van der Waals surface area contributed by atoms with Gasteiger partial charge in [-0.05, 0) is 6.42 Å². The second kappa shape index (κ2) is 8.65. The van der Waals surface area contributed by atoms with Crippen molar-refractivity contribution in [1.29, 1.82) is 0 Å². The maximum atomic E-state index is 9.80. The van der Waals surface area contributed by atoms with Crippen LogP contribution in [0.25, 0.3) is 0 Å². The Morgan fingerprint density at radius 2 is 1.92 bits per heavy atom. The Labute approximate surface area is 78.0 Å². The number of carbonyl (C=O) groups is 1. The summed E-state index contributed by atoms with van der Waals surface area (Å²) in [4.78, 5) is 9.80. The first kappa shape index (κ1) is 11.6. The highest BCUT2D eigenvalue weighted by Gasteiger charge is 2.09. The molecule has 0 bridgehead atoms. The topological polar surface area (TPSA) is 35.5 Å². The molecule has 3 nitrogen and oxygen atoms in total. The summed E-state index contributed by atoms with van der Waals surface area (Å²) in [5.74, 6) is 0.827. The van der Waals surface area contributed by atoms with Gasteiger partial charge in [-0.15, -0.1) is 11.6 Å². The van der Waals surface area contributed by atoms with Crippen molar-refractivity contribution in [2.24, 2.45) is 0 Å². The van der Waals surface area contributed by atoms with Crippen LogP contribution in [0.1, 0.15) is 26.2 Å². The lowest BCUT2D eigenvalue weighted by atomic mass is 10.3. The largest absolute Gasteiger partial charge is 0.508 e. The van der Waals surface area contributed by atoms with Crippen molar-refractivity contribution in [2.75, 3.05) is 19.1 Å². The van der Waals surface area contributed by atoms with E-state index < -0.39 is 6.16 Å². The summed E-state index contributed by atoms with van der Waals surface area (Å²) in [6.07, 6.45) is 3.18. The van der Waals surface area contributed by atoms with Crippen molar-refractivity contribution < 1.29 is 14.3 Å². The van der Waals surface area contributed by atoms with Gasteiger partial charge >= 0.3 is 6.16 Å². The van der Waals surface area contributed by atoms with Gasteiger partial charge < -0.3 is 9.47 Å². The summed E-state index contributed by atoms with van der Waals surface area (Å²) in [6.45, 7) is 3.00. The number of alkyl halides is 1. The van der Waals surface area contributed by atoms with Crippen LogP contribution >= 0.6 is 11.6 Å². The molecule has 1 aliphatic rings. The van der Waals surface area contributed by atoms with Crippen LogP contribution < -0.4 is 0 Å². The smallest absolute Gasteiger partial charge is 0.431 e. The molecular weight excluding hydrogens is 180 g/mol. The quantitative estimate of drug-likeness (QED) is 0.394. The molecule has 0 amide bonds. The zero-order valence-corrected chi connectivity index (χ0v) is 8.10. The minimum absolute atomic E-state index is 0.416. The van der Waals surface area contributed by atoms with Crippen molar-refractivity contribution in [3.8, 4) is 0 Å². The molecule has 12 heavy (non-hydrogen) atoms. The minimum atomic E-state index is -0.546. The third-order valence-electron chi connectivity index (χ3n) is 1.26. The Bertz CT molecular complexity index is 105. The molecule has 0 aromatic heterocycles. The Morgan fingerprint density at radius 3 is 2.08 bits per heavy atom. The average molecular weight is 195 g/mol. The van der Waals surface area contributed by atoms with E-state index in [4.69, 9.17) is 11.6 Å². The number of unbranched alkanes of at least 4 members (excludes halogenated alkanes) is 2. The molecule has 0 radical (unpaired) electrons. The SMILES string of the molecule is CCCCCCl.O=C1OCCO1. The Morgan fingerprint density at radius 1 is 1.33 bits per heavy atom. The number of cyclic esters (lactones) is 2. The number of ether oxygens (including phenoxy) is 2. The van der Waals surface area contributed by atoms with Gasteiger partial charge in [-0.3, -0.25) is 0 Å². The molecule has 1 rings (SSSR count). The molecule has 0 aromatic rings. The molecule has 0 atom stereocenters. The molecule has 1 aliphatic heterocycles. The van der Waals surface area contributed by atoms with Crippen LogP contribution in [-0.4, -0.2) is 25.2 Å². The van der Waals surface area contributed by atoms with Crippen molar-refractivity contribution in [2.45, 2.75) is 26.2 Å². The monoisotopic (exact) mass is 194 g/mol. The third kappa shape index (κ3) is 7.66. The highest BCUT2D eigenvalue weighted by atomic mass is 35.5. The van der Waals surface area contributed by atoms with Crippen LogP contribution in [0.2, 0.25) is 0 Å². The lowest BCUT2D eigenvalue weighted by molar-refractivity contribution is 0.131. The summed E-state index contributed by atoms with van der Waals surface area (Å²) < 4.78 is 8.58. The third-order valence-corrected chi connectivity index (χ3v) is 1.53. The zero-order valence-electron chi connectivity index (χ0n) is 7.35. The van der Waals surface area contributed by atoms with Gasteiger partial charge in [0, 0.05) is 5.88 Å². The molecule has 0 N–H and O–H groups in total. The molecule has 0 unspecified atom stereocenters. The van der Waals surface area contributed by atoms with Crippen LogP contribution in [0.3, 0.4) is 0 Å². The second-order valence-corrected chi connectivity index (χ2v) is 2.72. The van der Waals surface area contributed by atoms with Gasteiger partial charge in [-0.1, -0.05) is 19.8 Å². The first-order valence-corrected chi connectivity index (χ1v) is 4.70. The van der Waals surface area contributed by atoms with Crippen molar-refractivity contribution in [3.05, 3.63) is 0 Å². The maximum Gasteiger partial charge on any atom is 0.508 e. The number of halogens is 1. The minimum Gasteiger partial charge on any atom is -0.431 e. The number of hydrogen-bond acceptors (Lipinski definition) is 3. The Balaban J connectivity index is 0.000000202. The molecule has 0 aliphatic carbocycles. The second-order valence-electron chi connectivity index (χ2n) is 2.34. The molecule has 72 valence electrons. The van der Waals surface area contributed by atoms with Crippen LogP contribution in [0, 0.1) is 0 Å². The van der Waals surface area contributed by atoms with E-state index in [1.54, 1.807) is 0 Å². The maximum absolute atomic E-state index is 9.80. The molecule has 0 saturated carbocycles. The van der Waals surface area contributed by atoms with Crippen LogP contribution in [0.15, 0.2) is 0 Å². The molecule has 0 spiro atoms. The van der Waals surface area contributed by atoms with Crippen molar-refractivity contribution in [1.82, 2.24) is 0 Å². The number of hydrogen-bond donors (Lipinski definition) is 0. The number of carbonyl (C=O) groups excluding carboxylic acids is 1. The van der Waals surface area contributed by atoms with Gasteiger partial charge in [0.05, 0.1) is 0 Å². The first-order valence-electron chi connectivity index (χ1n) is 4.16. The first-order chi connectivity index (χ1) is 5.81. The molecule has 1 saturated heterocycles. The van der Waals surface area contributed by atoms with E-state index >= 15 is 0 Å². The van der Waals surface area contributed by atoms with E-state index in [1.807, 2.05) is 0 Å². The summed E-state index contributed by atoms with van der Waals surface area (Å²) in [6, 6.07) is 0. The predicted octanol–water partition coefficient (Wildman–Crippen LogP) is 2.57. The van der Waals surface area contributed by atoms with Crippen molar-refractivity contribution >= 4 is 17.8 Å². The van der Waals surface area contributed by atoms with Crippen LogP contribution in [0.5, 0.6) is 0 Å². The van der Waals surface area contributed by atoms with Gasteiger partial charge in [-0.25, -0.2) is 4.79 Å². The van der Waals surface area contributed by atoms with Gasteiger partial charge in [0.2, 0.25) is 0 Å². The fourth-order valence-electron chi connectivity index (χ4n) is 0.636. The molecule has 1 heterocycles. The van der Waals surface area contributed by atoms with E-state index in [1.165, 1.54) is 19.3 Å². The van der Waals surface area contributed by atoms with Gasteiger partial charge in [0.1, 0.15) is 13.2 Å². The lowest BCUT2D eigenvalue weighted by Crippen LogP contribution is -1.88. The summed E-state index contributed by atoms with van der Waals surface area (Å²) in [5, 5.41) is 0. The molecule has 4 heteroatoms. The van der Waals surface area contributed by atoms with E-state index in [2.05, 4.69) is 16.4 Å². The Kier molecular flexibility index (Phi) is 8.34. The fraction of sp³-hybridized carbons (Fsp3) is 0.875. The normalized spacial score (nSPS) is 14.3. The molecule has 0 aromatic carbocycles. The predicted molar refractivity (Wildman–Crippen MR) is 47.5 cm³/mol. The van der Waals surface area contributed by atoms with Gasteiger partial charge in [-0.2, -0.15) is 0 Å². The lowest BCUT2D eigenvalue weighted by Gasteiger charge is -1.84. The highest BCUT2D eigenvalue weighted by molar-refractivity contribution is 6.17. The summed E-state index contributed by atoms with van der Waals surface area (Å²) >= 11 is 5.38. The van der Waals surface area contributed by atoms with E-state index in [0.717, 1.165) is 5.88 Å². The molecule has 1 fully saturated rings. The summed E-state index contributed by atoms with van der Waals surface area (Å²) in [7, 11) is 0. The standard InChI is InChI=1S/C5H11Cl.C3H4O3/c1-2-3-4-5-6;4-3-5-1-2-6-3/h2-5H2,1H3;1-2H2.